The van der Waals surface area contributed by atoms with Gasteiger partial charge in [-0.15, -0.1) is 0 Å². The van der Waals surface area contributed by atoms with Crippen molar-refractivity contribution in [3.8, 4) is 11.4 Å². The lowest BCUT2D eigenvalue weighted by Gasteiger charge is -2.30. The van der Waals surface area contributed by atoms with Gasteiger partial charge in [-0.1, -0.05) is 25.7 Å². The van der Waals surface area contributed by atoms with Crippen LogP contribution in [0.2, 0.25) is 0 Å². The van der Waals surface area contributed by atoms with Gasteiger partial charge in [0.1, 0.15) is 16.9 Å². The van der Waals surface area contributed by atoms with Crippen LogP contribution in [0.4, 0.5) is 0 Å². The van der Waals surface area contributed by atoms with E-state index in [1.807, 2.05) is 6.20 Å². The molecule has 2 fully saturated rings. The predicted octanol–water partition coefficient (Wildman–Crippen LogP) is 5.10. The molecule has 8 nitrogen and oxygen atoms in total. The van der Waals surface area contributed by atoms with Crippen molar-refractivity contribution in [1.29, 1.82) is 0 Å². The van der Waals surface area contributed by atoms with Crippen LogP contribution in [0.5, 0.6) is 0 Å². The molecule has 4 aromatic rings. The van der Waals surface area contributed by atoms with Crippen molar-refractivity contribution in [3.63, 3.8) is 0 Å². The van der Waals surface area contributed by atoms with Gasteiger partial charge in [-0.05, 0) is 51.0 Å². The second-order valence-electron chi connectivity index (χ2n) is 11.0. The van der Waals surface area contributed by atoms with E-state index in [1.165, 1.54) is 44.9 Å². The Morgan fingerprint density at radius 2 is 1.94 bits per heavy atom. The number of nitrogens with zero attached hydrogens (tertiary/aromatic N) is 6. The maximum atomic E-state index is 6.08. The van der Waals surface area contributed by atoms with Crippen LogP contribution < -0.4 is 0 Å². The number of hydrogen-bond donors (Lipinski definition) is 1. The van der Waals surface area contributed by atoms with Crippen LogP contribution in [-0.2, 0) is 16.9 Å². The SMILES string of the molecule is CC1(C)OCCn2c1nc1c(C3CCCC4CCC(C4)C3)nc(-c3cnc4nc[nH]c4c3)nc12. The first-order chi connectivity index (χ1) is 16.5. The van der Waals surface area contributed by atoms with Gasteiger partial charge in [-0.2, -0.15) is 0 Å². The average Bonchev–Trinajstić information content (AvgIpc) is 3.55. The minimum atomic E-state index is -0.438. The van der Waals surface area contributed by atoms with E-state index in [4.69, 9.17) is 19.7 Å². The molecule has 3 atom stereocenters. The molecule has 0 saturated heterocycles. The zero-order valence-electron chi connectivity index (χ0n) is 19.9. The Balaban J connectivity index is 1.42. The summed E-state index contributed by atoms with van der Waals surface area (Å²) in [5, 5.41) is 0. The lowest BCUT2D eigenvalue weighted by molar-refractivity contribution is -0.0530. The van der Waals surface area contributed by atoms with Crippen LogP contribution in [0, 0.1) is 11.8 Å². The third-order valence-electron chi connectivity index (χ3n) is 8.29. The third-order valence-corrected chi connectivity index (χ3v) is 8.29. The fourth-order valence-corrected chi connectivity index (χ4v) is 6.59. The van der Waals surface area contributed by atoms with Gasteiger partial charge in [-0.3, -0.25) is 0 Å². The highest BCUT2D eigenvalue weighted by atomic mass is 16.5. The fraction of sp³-hybridized carbons (Fsp3) is 0.577. The number of imidazole rings is 2. The molecule has 2 bridgehead atoms. The van der Waals surface area contributed by atoms with Crippen LogP contribution in [0.1, 0.15) is 76.2 Å². The maximum absolute atomic E-state index is 6.08. The molecule has 34 heavy (non-hydrogen) atoms. The van der Waals surface area contributed by atoms with Crippen molar-refractivity contribution in [3.05, 3.63) is 30.1 Å². The number of fused-ring (bicyclic) bond motifs is 6. The van der Waals surface area contributed by atoms with Crippen LogP contribution >= 0.6 is 0 Å². The number of hydrogen-bond acceptors (Lipinski definition) is 6. The first kappa shape index (κ1) is 20.5. The largest absolute Gasteiger partial charge is 0.366 e. The Morgan fingerprint density at radius 3 is 2.88 bits per heavy atom. The smallest absolute Gasteiger partial charge is 0.177 e. The summed E-state index contributed by atoms with van der Waals surface area (Å²) in [4.78, 5) is 27.4. The molecule has 0 amide bonds. The van der Waals surface area contributed by atoms with Gasteiger partial charge >= 0.3 is 0 Å². The molecule has 176 valence electrons. The van der Waals surface area contributed by atoms with Gasteiger partial charge < -0.3 is 14.3 Å². The van der Waals surface area contributed by atoms with E-state index >= 15 is 0 Å². The lowest BCUT2D eigenvalue weighted by atomic mass is 9.83. The number of rotatable bonds is 2. The zero-order chi connectivity index (χ0) is 22.9. The van der Waals surface area contributed by atoms with Crippen molar-refractivity contribution in [2.24, 2.45) is 11.8 Å². The molecule has 4 aromatic heterocycles. The van der Waals surface area contributed by atoms with E-state index in [1.54, 1.807) is 6.33 Å². The Bertz CT molecular complexity index is 1390. The van der Waals surface area contributed by atoms with E-state index in [9.17, 15) is 0 Å². The molecule has 8 heteroatoms. The number of aromatic nitrogens is 7. The highest BCUT2D eigenvalue weighted by molar-refractivity contribution is 5.80. The Labute approximate surface area is 198 Å². The van der Waals surface area contributed by atoms with E-state index < -0.39 is 5.60 Å². The molecule has 2 saturated carbocycles. The van der Waals surface area contributed by atoms with E-state index in [2.05, 4.69) is 39.4 Å². The zero-order valence-corrected chi connectivity index (χ0v) is 19.9. The topological polar surface area (TPSA) is 94.4 Å². The molecular weight excluding hydrogens is 426 g/mol. The molecule has 0 aromatic carbocycles. The highest BCUT2D eigenvalue weighted by Gasteiger charge is 2.36. The van der Waals surface area contributed by atoms with Gasteiger partial charge in [0.25, 0.3) is 0 Å². The minimum absolute atomic E-state index is 0.415. The van der Waals surface area contributed by atoms with Crippen molar-refractivity contribution in [2.45, 2.75) is 76.9 Å². The summed E-state index contributed by atoms with van der Waals surface area (Å²) in [7, 11) is 0. The van der Waals surface area contributed by atoms with Gasteiger partial charge in [0.2, 0.25) is 0 Å². The number of pyridine rings is 1. The minimum Gasteiger partial charge on any atom is -0.366 e. The van der Waals surface area contributed by atoms with Gasteiger partial charge in [0, 0.05) is 24.2 Å². The van der Waals surface area contributed by atoms with E-state index in [0.717, 1.165) is 58.0 Å². The van der Waals surface area contributed by atoms with Crippen molar-refractivity contribution < 1.29 is 4.74 Å². The van der Waals surface area contributed by atoms with Crippen LogP contribution in [0.3, 0.4) is 0 Å². The van der Waals surface area contributed by atoms with Gasteiger partial charge in [-0.25, -0.2) is 24.9 Å². The molecule has 0 radical (unpaired) electrons. The maximum Gasteiger partial charge on any atom is 0.177 e. The Morgan fingerprint density at radius 1 is 1.03 bits per heavy atom. The summed E-state index contributed by atoms with van der Waals surface area (Å²) in [6.45, 7) is 5.62. The summed E-state index contributed by atoms with van der Waals surface area (Å²) in [6.07, 6.45) is 12.7. The highest BCUT2D eigenvalue weighted by Crippen LogP contribution is 2.45. The number of ether oxygens (including phenoxy) is 1. The number of H-pyrrole nitrogens is 1. The third kappa shape index (κ3) is 3.26. The molecule has 3 unspecified atom stereocenters. The average molecular weight is 458 g/mol. The Hall–Kier alpha value is -2.87. The second kappa shape index (κ2) is 7.57. The molecule has 1 N–H and O–H groups in total. The molecule has 2 aliphatic carbocycles. The standard InChI is InChI=1S/C26H31N7O/c1-26(2)25-31-21-20(17-5-3-4-15-6-7-16(10-15)11-17)30-22(32-24(21)33(25)8-9-34-26)18-12-19-23(27-13-18)29-14-28-19/h12-17H,3-11H2,1-2H3,(H,27,28,29). The van der Waals surface area contributed by atoms with Crippen molar-refractivity contribution in [2.75, 3.05) is 6.61 Å². The normalized spacial score (nSPS) is 26.5. The second-order valence-corrected chi connectivity index (χ2v) is 11.0. The molecule has 5 heterocycles. The van der Waals surface area contributed by atoms with E-state index in [0.29, 0.717) is 18.2 Å². The summed E-state index contributed by atoms with van der Waals surface area (Å²) >= 11 is 0. The van der Waals surface area contributed by atoms with Gasteiger partial charge in [0.05, 0.1) is 24.1 Å². The summed E-state index contributed by atoms with van der Waals surface area (Å²) in [5.74, 6) is 3.85. The van der Waals surface area contributed by atoms with Crippen LogP contribution in [0.25, 0.3) is 33.7 Å². The molecule has 0 spiro atoms. The molecule has 1 aliphatic heterocycles. The first-order valence-corrected chi connectivity index (χ1v) is 12.8. The van der Waals surface area contributed by atoms with Crippen LogP contribution in [-0.4, -0.2) is 41.1 Å². The molecule has 3 aliphatic rings. The predicted molar refractivity (Wildman–Crippen MR) is 129 cm³/mol. The van der Waals surface area contributed by atoms with Crippen molar-refractivity contribution in [1.82, 2.24) is 34.5 Å². The van der Waals surface area contributed by atoms with Crippen LogP contribution in [0.15, 0.2) is 18.6 Å². The lowest BCUT2D eigenvalue weighted by Crippen LogP contribution is -2.33. The summed E-state index contributed by atoms with van der Waals surface area (Å²) < 4.78 is 8.34. The summed E-state index contributed by atoms with van der Waals surface area (Å²) in [5.41, 5.74) is 5.10. The quantitative estimate of drug-likeness (QED) is 0.450. The molecular formula is C26H31N7O. The Kier molecular flexibility index (Phi) is 4.56. The number of aromatic amines is 1. The van der Waals surface area contributed by atoms with Crippen molar-refractivity contribution >= 4 is 22.3 Å². The van der Waals surface area contributed by atoms with Gasteiger partial charge in [0.15, 0.2) is 17.1 Å². The number of nitrogens with one attached hydrogen (secondary N) is 1. The molecule has 7 rings (SSSR count). The summed E-state index contributed by atoms with van der Waals surface area (Å²) in [6, 6.07) is 2.06. The fourth-order valence-electron chi connectivity index (χ4n) is 6.59. The van der Waals surface area contributed by atoms with E-state index in [-0.39, 0.29) is 0 Å². The monoisotopic (exact) mass is 457 g/mol. The first-order valence-electron chi connectivity index (χ1n) is 12.8.